The number of nitrogens with zero attached hydrogens (tertiary/aromatic N) is 4. The van der Waals surface area contributed by atoms with Crippen LogP contribution in [-0.2, 0) is 11.3 Å². The largest absolute Gasteiger partial charge is 0.375 e. The van der Waals surface area contributed by atoms with Crippen LogP contribution in [0.2, 0.25) is 0 Å². The fourth-order valence-electron chi connectivity index (χ4n) is 3.16. The van der Waals surface area contributed by atoms with Crippen molar-refractivity contribution in [2.45, 2.75) is 26.0 Å². The quantitative estimate of drug-likeness (QED) is 0.761. The standard InChI is InChI=1S/C18H23N5OS/c1-14-11-23-18(20-14)25-17(21-23)19-10-16-13-22(8-5-9-24-16)12-15-6-3-2-4-7-15/h2-4,6-7,11,16H,5,8-10,12-13H2,1H3,(H,19,21). The van der Waals surface area contributed by atoms with Crippen LogP contribution in [0.3, 0.4) is 0 Å². The number of fused-ring (bicyclic) bond motifs is 1. The normalized spacial score (nSPS) is 19.2. The van der Waals surface area contributed by atoms with Gasteiger partial charge in [0.25, 0.3) is 0 Å². The highest BCUT2D eigenvalue weighted by atomic mass is 32.1. The molecule has 1 fully saturated rings. The van der Waals surface area contributed by atoms with Crippen LogP contribution in [0.15, 0.2) is 36.5 Å². The third-order valence-corrected chi connectivity index (χ3v) is 5.21. The molecule has 1 aromatic carbocycles. The molecule has 1 aliphatic rings. The van der Waals surface area contributed by atoms with Gasteiger partial charge in [0.15, 0.2) is 0 Å². The summed E-state index contributed by atoms with van der Waals surface area (Å²) in [5, 5.41) is 8.83. The molecule has 0 amide bonds. The van der Waals surface area contributed by atoms with Crippen molar-refractivity contribution < 1.29 is 4.74 Å². The average Bonchev–Trinajstić information content (AvgIpc) is 3.04. The highest BCUT2D eigenvalue weighted by Crippen LogP contribution is 2.19. The van der Waals surface area contributed by atoms with E-state index in [1.807, 2.05) is 17.6 Å². The topological polar surface area (TPSA) is 54.7 Å². The van der Waals surface area contributed by atoms with Crippen molar-refractivity contribution in [1.82, 2.24) is 19.5 Å². The second kappa shape index (κ2) is 7.51. The Balaban J connectivity index is 1.34. The van der Waals surface area contributed by atoms with Crippen LogP contribution in [-0.4, -0.2) is 51.8 Å². The van der Waals surface area contributed by atoms with Crippen LogP contribution in [0.4, 0.5) is 5.13 Å². The minimum atomic E-state index is 0.171. The minimum Gasteiger partial charge on any atom is -0.375 e. The van der Waals surface area contributed by atoms with E-state index in [-0.39, 0.29) is 6.10 Å². The van der Waals surface area contributed by atoms with Gasteiger partial charge in [0.2, 0.25) is 10.1 Å². The molecule has 1 N–H and O–H groups in total. The van der Waals surface area contributed by atoms with E-state index < -0.39 is 0 Å². The monoisotopic (exact) mass is 357 g/mol. The summed E-state index contributed by atoms with van der Waals surface area (Å²) in [5.74, 6) is 0. The zero-order chi connectivity index (χ0) is 17.1. The Kier molecular flexibility index (Phi) is 4.96. The molecule has 0 radical (unpaired) electrons. The lowest BCUT2D eigenvalue weighted by Gasteiger charge is -2.23. The molecule has 3 heterocycles. The first-order valence-electron chi connectivity index (χ1n) is 8.71. The van der Waals surface area contributed by atoms with Gasteiger partial charge in [0, 0.05) is 32.8 Å². The summed E-state index contributed by atoms with van der Waals surface area (Å²) in [6.07, 6.45) is 3.19. The fraction of sp³-hybridized carbons (Fsp3) is 0.444. The van der Waals surface area contributed by atoms with Crippen LogP contribution in [0.25, 0.3) is 4.96 Å². The highest BCUT2D eigenvalue weighted by molar-refractivity contribution is 7.20. The van der Waals surface area contributed by atoms with Crippen molar-refractivity contribution in [1.29, 1.82) is 0 Å². The van der Waals surface area contributed by atoms with E-state index >= 15 is 0 Å². The number of aryl methyl sites for hydroxylation is 1. The number of ether oxygens (including phenoxy) is 1. The lowest BCUT2D eigenvalue weighted by molar-refractivity contribution is 0.0625. The molecule has 25 heavy (non-hydrogen) atoms. The van der Waals surface area contributed by atoms with Crippen LogP contribution < -0.4 is 5.32 Å². The second-order valence-electron chi connectivity index (χ2n) is 6.46. The first kappa shape index (κ1) is 16.5. The van der Waals surface area contributed by atoms with Crippen LogP contribution in [0.1, 0.15) is 17.7 Å². The number of nitrogens with one attached hydrogen (secondary N) is 1. The lowest BCUT2D eigenvalue weighted by atomic mass is 10.2. The zero-order valence-electron chi connectivity index (χ0n) is 14.4. The molecular weight excluding hydrogens is 334 g/mol. The molecule has 0 saturated carbocycles. The van der Waals surface area contributed by atoms with Crippen molar-refractivity contribution >= 4 is 21.4 Å². The molecule has 3 aromatic rings. The molecule has 1 saturated heterocycles. The van der Waals surface area contributed by atoms with E-state index in [9.17, 15) is 0 Å². The Morgan fingerprint density at radius 2 is 2.20 bits per heavy atom. The molecule has 2 aromatic heterocycles. The number of hydrogen-bond donors (Lipinski definition) is 1. The van der Waals surface area contributed by atoms with E-state index in [0.717, 1.165) is 55.0 Å². The zero-order valence-corrected chi connectivity index (χ0v) is 15.2. The maximum atomic E-state index is 6.02. The Labute approximate surface area is 151 Å². The average molecular weight is 357 g/mol. The van der Waals surface area contributed by atoms with Crippen molar-refractivity contribution in [3.8, 4) is 0 Å². The fourth-order valence-corrected chi connectivity index (χ4v) is 3.99. The Bertz CT molecular complexity index is 784. The first-order chi connectivity index (χ1) is 12.3. The number of aromatic nitrogens is 3. The molecule has 6 nitrogen and oxygen atoms in total. The van der Waals surface area contributed by atoms with Gasteiger partial charge in [-0.3, -0.25) is 4.90 Å². The van der Waals surface area contributed by atoms with Gasteiger partial charge < -0.3 is 10.1 Å². The number of benzene rings is 1. The van der Waals surface area contributed by atoms with Gasteiger partial charge in [-0.05, 0) is 18.9 Å². The molecule has 1 unspecified atom stereocenters. The molecule has 4 rings (SSSR count). The first-order valence-corrected chi connectivity index (χ1v) is 9.52. The molecule has 1 aliphatic heterocycles. The molecule has 7 heteroatoms. The van der Waals surface area contributed by atoms with Gasteiger partial charge in [-0.2, -0.15) is 0 Å². The van der Waals surface area contributed by atoms with Crippen LogP contribution >= 0.6 is 11.3 Å². The summed E-state index contributed by atoms with van der Waals surface area (Å²) in [4.78, 5) is 7.84. The van der Waals surface area contributed by atoms with E-state index in [4.69, 9.17) is 4.74 Å². The molecule has 132 valence electrons. The summed E-state index contributed by atoms with van der Waals surface area (Å²) >= 11 is 1.58. The molecule has 0 spiro atoms. The molecular formula is C18H23N5OS. The molecule has 1 atom stereocenters. The van der Waals surface area contributed by atoms with Crippen LogP contribution in [0.5, 0.6) is 0 Å². The van der Waals surface area contributed by atoms with E-state index in [2.05, 4.69) is 50.6 Å². The molecule has 0 bridgehead atoms. The Morgan fingerprint density at radius 1 is 1.32 bits per heavy atom. The Morgan fingerprint density at radius 3 is 3.04 bits per heavy atom. The van der Waals surface area contributed by atoms with E-state index in [1.165, 1.54) is 5.56 Å². The van der Waals surface area contributed by atoms with Gasteiger partial charge in [0.1, 0.15) is 0 Å². The van der Waals surface area contributed by atoms with Gasteiger partial charge in [-0.1, -0.05) is 41.7 Å². The van der Waals surface area contributed by atoms with E-state index in [0.29, 0.717) is 0 Å². The van der Waals surface area contributed by atoms with Crippen molar-refractivity contribution in [2.75, 3.05) is 31.6 Å². The number of rotatable bonds is 5. The van der Waals surface area contributed by atoms with Gasteiger partial charge in [0.05, 0.1) is 18.0 Å². The van der Waals surface area contributed by atoms with Crippen LogP contribution in [0, 0.1) is 6.92 Å². The summed E-state index contributed by atoms with van der Waals surface area (Å²) in [6, 6.07) is 10.6. The predicted molar refractivity (Wildman–Crippen MR) is 100 cm³/mol. The summed E-state index contributed by atoms with van der Waals surface area (Å²) in [5.41, 5.74) is 2.35. The number of anilines is 1. The van der Waals surface area contributed by atoms with Crippen molar-refractivity contribution in [3.05, 3.63) is 47.8 Å². The minimum absolute atomic E-state index is 0.171. The number of imidazole rings is 1. The van der Waals surface area contributed by atoms with Crippen molar-refractivity contribution in [3.63, 3.8) is 0 Å². The van der Waals surface area contributed by atoms with Crippen molar-refractivity contribution in [2.24, 2.45) is 0 Å². The smallest absolute Gasteiger partial charge is 0.214 e. The predicted octanol–water partition coefficient (Wildman–Crippen LogP) is 2.80. The maximum absolute atomic E-state index is 6.02. The SMILES string of the molecule is Cc1cn2nc(NCC3CN(Cc4ccccc4)CCCO3)sc2n1. The lowest BCUT2D eigenvalue weighted by Crippen LogP contribution is -2.35. The third-order valence-electron chi connectivity index (χ3n) is 4.33. The Hall–Kier alpha value is -1.96. The van der Waals surface area contributed by atoms with Gasteiger partial charge in [-0.15, -0.1) is 5.10 Å². The summed E-state index contributed by atoms with van der Waals surface area (Å²) in [7, 11) is 0. The summed E-state index contributed by atoms with van der Waals surface area (Å²) in [6.45, 7) is 6.55. The van der Waals surface area contributed by atoms with E-state index in [1.54, 1.807) is 11.3 Å². The van der Waals surface area contributed by atoms with Gasteiger partial charge >= 0.3 is 0 Å². The molecule has 0 aliphatic carbocycles. The second-order valence-corrected chi connectivity index (χ2v) is 7.42. The van der Waals surface area contributed by atoms with Gasteiger partial charge in [-0.25, -0.2) is 9.50 Å². The number of hydrogen-bond acceptors (Lipinski definition) is 6. The maximum Gasteiger partial charge on any atom is 0.214 e. The third kappa shape index (κ3) is 4.18. The summed E-state index contributed by atoms with van der Waals surface area (Å²) < 4.78 is 7.85. The highest BCUT2D eigenvalue weighted by Gasteiger charge is 2.19.